The third-order valence-electron chi connectivity index (χ3n) is 2.57. The van der Waals surface area contributed by atoms with Crippen molar-refractivity contribution in [3.05, 3.63) is 47.2 Å². The van der Waals surface area contributed by atoms with Crippen molar-refractivity contribution in [3.63, 3.8) is 0 Å². The first-order valence-electron chi connectivity index (χ1n) is 4.78. The smallest absolute Gasteiger partial charge is 0.153 e. The molecule has 0 saturated heterocycles. The summed E-state index contributed by atoms with van der Waals surface area (Å²) in [6, 6.07) is 10.1. The summed E-state index contributed by atoms with van der Waals surface area (Å²) >= 11 is 6.10. The Morgan fingerprint density at radius 3 is 2.93 bits per heavy atom. The second kappa shape index (κ2) is 2.97. The largest absolute Gasteiger partial charge is 0.312 e. The van der Waals surface area contributed by atoms with Gasteiger partial charge in [0.1, 0.15) is 0 Å². The summed E-state index contributed by atoms with van der Waals surface area (Å²) in [5.74, 6) is 0. The molecule has 2 aromatic heterocycles. The molecular formula is C12H9ClN2. The van der Waals surface area contributed by atoms with Gasteiger partial charge in [0.15, 0.2) is 5.15 Å². The van der Waals surface area contributed by atoms with Crippen molar-refractivity contribution in [1.82, 2.24) is 9.38 Å². The van der Waals surface area contributed by atoms with Crippen molar-refractivity contribution in [2.75, 3.05) is 0 Å². The Morgan fingerprint density at radius 2 is 2.07 bits per heavy atom. The number of rotatable bonds is 0. The molecule has 0 atom stereocenters. The van der Waals surface area contributed by atoms with E-state index in [4.69, 9.17) is 11.6 Å². The van der Waals surface area contributed by atoms with Gasteiger partial charge in [-0.1, -0.05) is 17.7 Å². The van der Waals surface area contributed by atoms with Crippen LogP contribution in [0, 0.1) is 6.92 Å². The minimum absolute atomic E-state index is 0.554. The van der Waals surface area contributed by atoms with Crippen molar-refractivity contribution in [2.24, 2.45) is 0 Å². The van der Waals surface area contributed by atoms with E-state index in [1.807, 2.05) is 24.4 Å². The molecule has 0 aliphatic heterocycles. The zero-order valence-corrected chi connectivity index (χ0v) is 8.99. The fourth-order valence-corrected chi connectivity index (χ4v) is 2.09. The van der Waals surface area contributed by atoms with E-state index < -0.39 is 0 Å². The van der Waals surface area contributed by atoms with Crippen LogP contribution in [-0.4, -0.2) is 9.38 Å². The zero-order chi connectivity index (χ0) is 10.4. The Hall–Kier alpha value is -1.54. The second-order valence-corrected chi connectivity index (χ2v) is 4.02. The van der Waals surface area contributed by atoms with Crippen molar-refractivity contribution in [2.45, 2.75) is 6.92 Å². The van der Waals surface area contributed by atoms with Gasteiger partial charge >= 0.3 is 0 Å². The lowest BCUT2D eigenvalue weighted by atomic mass is 10.2. The molecule has 2 heterocycles. The van der Waals surface area contributed by atoms with Crippen molar-refractivity contribution in [1.29, 1.82) is 0 Å². The number of aryl methyl sites for hydroxylation is 1. The van der Waals surface area contributed by atoms with Crippen molar-refractivity contribution >= 4 is 28.2 Å². The molecule has 3 heteroatoms. The number of benzene rings is 1. The van der Waals surface area contributed by atoms with Crippen LogP contribution in [0.2, 0.25) is 5.15 Å². The molecule has 74 valence electrons. The van der Waals surface area contributed by atoms with Gasteiger partial charge in [-0.25, -0.2) is 4.98 Å². The van der Waals surface area contributed by atoms with E-state index in [9.17, 15) is 0 Å². The van der Waals surface area contributed by atoms with Crippen LogP contribution in [0.1, 0.15) is 5.56 Å². The second-order valence-electron chi connectivity index (χ2n) is 3.66. The topological polar surface area (TPSA) is 17.3 Å². The molecule has 15 heavy (non-hydrogen) atoms. The fraction of sp³-hybridized carbons (Fsp3) is 0.0833. The first-order chi connectivity index (χ1) is 7.25. The normalized spacial score (nSPS) is 11.3. The molecule has 0 aliphatic carbocycles. The van der Waals surface area contributed by atoms with Crippen LogP contribution in [0.25, 0.3) is 16.6 Å². The number of halogens is 1. The third kappa shape index (κ3) is 1.22. The first-order valence-corrected chi connectivity index (χ1v) is 5.16. The molecule has 0 N–H and O–H groups in total. The highest BCUT2D eigenvalue weighted by Crippen LogP contribution is 2.22. The minimum Gasteiger partial charge on any atom is -0.312 e. The van der Waals surface area contributed by atoms with E-state index in [0.29, 0.717) is 5.15 Å². The Bertz CT molecular complexity index is 655. The molecule has 0 radical (unpaired) electrons. The van der Waals surface area contributed by atoms with Gasteiger partial charge in [0.2, 0.25) is 0 Å². The fourth-order valence-electron chi connectivity index (χ4n) is 1.85. The molecular weight excluding hydrogens is 208 g/mol. The maximum Gasteiger partial charge on any atom is 0.153 e. The van der Waals surface area contributed by atoms with Gasteiger partial charge in [-0.3, -0.25) is 0 Å². The van der Waals surface area contributed by atoms with E-state index in [1.54, 1.807) is 0 Å². The summed E-state index contributed by atoms with van der Waals surface area (Å²) in [7, 11) is 0. The molecule has 3 aromatic rings. The number of nitrogens with zero attached hydrogens (tertiary/aromatic N) is 2. The van der Waals surface area contributed by atoms with Gasteiger partial charge in [-0.05, 0) is 36.8 Å². The molecule has 0 saturated carbocycles. The minimum atomic E-state index is 0.554. The number of fused-ring (bicyclic) bond motifs is 3. The van der Waals surface area contributed by atoms with E-state index in [1.165, 1.54) is 5.56 Å². The van der Waals surface area contributed by atoms with Gasteiger partial charge in [0.25, 0.3) is 0 Å². The molecule has 0 spiro atoms. The Kier molecular flexibility index (Phi) is 1.73. The van der Waals surface area contributed by atoms with E-state index >= 15 is 0 Å². The van der Waals surface area contributed by atoms with Gasteiger partial charge < -0.3 is 4.40 Å². The first kappa shape index (κ1) is 8.74. The quantitative estimate of drug-likeness (QED) is 0.563. The average Bonchev–Trinajstić information content (AvgIpc) is 2.66. The van der Waals surface area contributed by atoms with E-state index in [-0.39, 0.29) is 0 Å². The molecule has 0 amide bonds. The third-order valence-corrected chi connectivity index (χ3v) is 2.85. The summed E-state index contributed by atoms with van der Waals surface area (Å²) in [4.78, 5) is 4.38. The monoisotopic (exact) mass is 216 g/mol. The van der Waals surface area contributed by atoms with Crippen LogP contribution >= 0.6 is 11.6 Å². The van der Waals surface area contributed by atoms with Gasteiger partial charge in [0, 0.05) is 6.20 Å². The highest BCUT2D eigenvalue weighted by Gasteiger charge is 2.05. The summed E-state index contributed by atoms with van der Waals surface area (Å²) in [6.07, 6.45) is 2.00. The summed E-state index contributed by atoms with van der Waals surface area (Å²) < 4.78 is 2.06. The zero-order valence-electron chi connectivity index (χ0n) is 8.24. The van der Waals surface area contributed by atoms with E-state index in [0.717, 1.165) is 16.6 Å². The van der Waals surface area contributed by atoms with Crippen LogP contribution in [0.4, 0.5) is 0 Å². The van der Waals surface area contributed by atoms with E-state index in [2.05, 4.69) is 28.4 Å². The molecule has 0 fully saturated rings. The maximum absolute atomic E-state index is 6.10. The SMILES string of the molecule is Cc1ccc2c(c1)nc(Cl)c1cccn12. The number of hydrogen-bond donors (Lipinski definition) is 0. The molecule has 3 rings (SSSR count). The van der Waals surface area contributed by atoms with Crippen LogP contribution < -0.4 is 0 Å². The standard InChI is InChI=1S/C12H9ClN2/c1-8-4-5-10-9(7-8)14-12(13)11-3-2-6-15(10)11/h2-7H,1H3. The maximum atomic E-state index is 6.10. The van der Waals surface area contributed by atoms with Crippen LogP contribution in [0.3, 0.4) is 0 Å². The molecule has 1 aromatic carbocycles. The Morgan fingerprint density at radius 1 is 1.20 bits per heavy atom. The van der Waals surface area contributed by atoms with Crippen LogP contribution in [0.5, 0.6) is 0 Å². The molecule has 0 unspecified atom stereocenters. The lowest BCUT2D eigenvalue weighted by Gasteiger charge is -2.04. The Labute approximate surface area is 92.1 Å². The molecule has 0 aliphatic rings. The van der Waals surface area contributed by atoms with Gasteiger partial charge in [0.05, 0.1) is 16.6 Å². The lowest BCUT2D eigenvalue weighted by molar-refractivity contribution is 1.22. The van der Waals surface area contributed by atoms with Crippen LogP contribution in [0.15, 0.2) is 36.5 Å². The number of hydrogen-bond acceptors (Lipinski definition) is 1. The number of aromatic nitrogens is 2. The van der Waals surface area contributed by atoms with Gasteiger partial charge in [-0.2, -0.15) is 0 Å². The lowest BCUT2D eigenvalue weighted by Crippen LogP contribution is -1.91. The highest BCUT2D eigenvalue weighted by atomic mass is 35.5. The van der Waals surface area contributed by atoms with Crippen LogP contribution in [-0.2, 0) is 0 Å². The molecule has 0 bridgehead atoms. The van der Waals surface area contributed by atoms with Gasteiger partial charge in [-0.15, -0.1) is 0 Å². The average molecular weight is 217 g/mol. The predicted octanol–water partition coefficient (Wildman–Crippen LogP) is 3.45. The summed E-state index contributed by atoms with van der Waals surface area (Å²) in [6.45, 7) is 2.05. The van der Waals surface area contributed by atoms with Crippen molar-refractivity contribution in [3.8, 4) is 0 Å². The van der Waals surface area contributed by atoms with Crippen molar-refractivity contribution < 1.29 is 0 Å². The molecule has 2 nitrogen and oxygen atoms in total. The summed E-state index contributed by atoms with van der Waals surface area (Å²) in [5, 5.41) is 0.554. The predicted molar refractivity (Wildman–Crippen MR) is 62.4 cm³/mol. The Balaban J connectivity index is 2.60. The highest BCUT2D eigenvalue weighted by molar-refractivity contribution is 6.33. The summed E-state index contributed by atoms with van der Waals surface area (Å²) in [5.41, 5.74) is 4.17.